The van der Waals surface area contributed by atoms with Crippen LogP contribution in [0, 0.1) is 0 Å². The molecule has 0 aliphatic rings. The zero-order valence-electron chi connectivity index (χ0n) is 11.0. The van der Waals surface area contributed by atoms with Gasteiger partial charge in [-0.25, -0.2) is 0 Å². The van der Waals surface area contributed by atoms with E-state index in [2.05, 4.69) is 6.92 Å². The molecule has 0 spiro atoms. The maximum atomic E-state index is 9.96. The number of hydrogen-bond donors (Lipinski definition) is 3. The molecular weight excluding hydrogens is 228 g/mol. The normalized spacial score (nSPS) is 13.6. The molecule has 0 bridgehead atoms. The van der Waals surface area contributed by atoms with Crippen LogP contribution >= 0.6 is 0 Å². The zero-order chi connectivity index (χ0) is 13.4. The molecule has 1 unspecified atom stereocenters. The Morgan fingerprint density at radius 2 is 1.61 bits per heavy atom. The van der Waals surface area contributed by atoms with Crippen molar-refractivity contribution in [2.45, 2.75) is 57.3 Å². The quantitative estimate of drug-likeness (QED) is 0.492. The number of hydrogen-bond acceptors (Lipinski definition) is 3. The summed E-state index contributed by atoms with van der Waals surface area (Å²) in [5, 5.41) is 29.8. The van der Waals surface area contributed by atoms with Crippen molar-refractivity contribution in [3.63, 3.8) is 0 Å². The van der Waals surface area contributed by atoms with Gasteiger partial charge in [-0.3, -0.25) is 0 Å². The van der Waals surface area contributed by atoms with E-state index in [-0.39, 0.29) is 0 Å². The Hall–Kier alpha value is -0.900. The van der Waals surface area contributed by atoms with Gasteiger partial charge in [0.2, 0.25) is 5.79 Å². The van der Waals surface area contributed by atoms with E-state index in [9.17, 15) is 15.3 Å². The summed E-state index contributed by atoms with van der Waals surface area (Å²) in [5.74, 6) is -2.15. The SMILES string of the molecule is CCCCCCCC(O)C(O)(O)c1ccccc1. The van der Waals surface area contributed by atoms with Gasteiger partial charge in [0.1, 0.15) is 6.10 Å². The van der Waals surface area contributed by atoms with Crippen LogP contribution in [0.25, 0.3) is 0 Å². The van der Waals surface area contributed by atoms with Crippen molar-refractivity contribution in [3.05, 3.63) is 35.9 Å². The number of unbranched alkanes of at least 4 members (excludes halogenated alkanes) is 4. The standard InChI is InChI=1S/C15H24O3/c1-2-3-4-5-9-12-14(16)15(17,18)13-10-7-6-8-11-13/h6-8,10-11,14,16-18H,2-5,9,12H2,1H3. The van der Waals surface area contributed by atoms with Crippen LogP contribution in [0.4, 0.5) is 0 Å². The van der Waals surface area contributed by atoms with Gasteiger partial charge in [-0.05, 0) is 6.42 Å². The fourth-order valence-electron chi connectivity index (χ4n) is 2.02. The van der Waals surface area contributed by atoms with Crippen LogP contribution in [0.5, 0.6) is 0 Å². The molecule has 1 atom stereocenters. The van der Waals surface area contributed by atoms with Gasteiger partial charge in [0.15, 0.2) is 0 Å². The zero-order valence-corrected chi connectivity index (χ0v) is 11.0. The highest BCUT2D eigenvalue weighted by Crippen LogP contribution is 2.25. The molecular formula is C15H24O3. The van der Waals surface area contributed by atoms with Gasteiger partial charge in [0.05, 0.1) is 0 Å². The Balaban J connectivity index is 2.42. The van der Waals surface area contributed by atoms with E-state index in [4.69, 9.17) is 0 Å². The fraction of sp³-hybridized carbons (Fsp3) is 0.600. The van der Waals surface area contributed by atoms with Gasteiger partial charge in [-0.1, -0.05) is 69.4 Å². The molecule has 1 rings (SSSR count). The molecule has 0 aliphatic carbocycles. The van der Waals surface area contributed by atoms with Crippen LogP contribution in [-0.2, 0) is 5.79 Å². The highest BCUT2D eigenvalue weighted by Gasteiger charge is 2.34. The molecule has 0 aromatic heterocycles. The van der Waals surface area contributed by atoms with E-state index in [0.717, 1.165) is 19.3 Å². The molecule has 0 saturated carbocycles. The summed E-state index contributed by atoms with van der Waals surface area (Å²) in [6, 6.07) is 8.48. The number of rotatable bonds is 8. The maximum absolute atomic E-state index is 9.96. The minimum Gasteiger partial charge on any atom is -0.387 e. The molecule has 18 heavy (non-hydrogen) atoms. The van der Waals surface area contributed by atoms with Crippen LogP contribution in [0.1, 0.15) is 51.0 Å². The topological polar surface area (TPSA) is 60.7 Å². The first-order valence-electron chi connectivity index (χ1n) is 6.77. The maximum Gasteiger partial charge on any atom is 0.216 e. The molecule has 1 aromatic rings. The Labute approximate surface area is 109 Å². The summed E-state index contributed by atoms with van der Waals surface area (Å²) >= 11 is 0. The smallest absolute Gasteiger partial charge is 0.216 e. The van der Waals surface area contributed by atoms with Crippen LogP contribution in [0.3, 0.4) is 0 Å². The summed E-state index contributed by atoms with van der Waals surface area (Å²) in [6.45, 7) is 2.15. The average Bonchev–Trinajstić information content (AvgIpc) is 2.39. The van der Waals surface area contributed by atoms with Crippen molar-refractivity contribution in [1.82, 2.24) is 0 Å². The van der Waals surface area contributed by atoms with E-state index in [1.165, 1.54) is 12.8 Å². The average molecular weight is 252 g/mol. The monoisotopic (exact) mass is 252 g/mol. The molecule has 3 nitrogen and oxygen atoms in total. The summed E-state index contributed by atoms with van der Waals surface area (Å²) in [7, 11) is 0. The second-order valence-electron chi connectivity index (χ2n) is 4.81. The highest BCUT2D eigenvalue weighted by molar-refractivity contribution is 5.20. The second-order valence-corrected chi connectivity index (χ2v) is 4.81. The van der Waals surface area contributed by atoms with Crippen LogP contribution < -0.4 is 0 Å². The Morgan fingerprint density at radius 1 is 1.00 bits per heavy atom. The van der Waals surface area contributed by atoms with E-state index < -0.39 is 11.9 Å². The minimum atomic E-state index is -2.15. The number of aliphatic hydroxyl groups is 3. The number of benzene rings is 1. The summed E-state index contributed by atoms with van der Waals surface area (Å²) in [6.07, 6.45) is 4.62. The van der Waals surface area contributed by atoms with Gasteiger partial charge in [-0.2, -0.15) is 0 Å². The molecule has 3 N–H and O–H groups in total. The lowest BCUT2D eigenvalue weighted by atomic mass is 9.96. The van der Waals surface area contributed by atoms with Crippen LogP contribution in [-0.4, -0.2) is 21.4 Å². The predicted octanol–water partition coefficient (Wildman–Crippen LogP) is 2.55. The van der Waals surface area contributed by atoms with Crippen molar-refractivity contribution >= 4 is 0 Å². The molecule has 3 heteroatoms. The Kier molecular flexibility index (Phi) is 6.33. The largest absolute Gasteiger partial charge is 0.387 e. The van der Waals surface area contributed by atoms with Gasteiger partial charge < -0.3 is 15.3 Å². The lowest BCUT2D eigenvalue weighted by molar-refractivity contribution is -0.236. The molecule has 0 amide bonds. The highest BCUT2D eigenvalue weighted by atomic mass is 16.5. The third-order valence-corrected chi connectivity index (χ3v) is 3.24. The van der Waals surface area contributed by atoms with Crippen LogP contribution in [0.2, 0.25) is 0 Å². The van der Waals surface area contributed by atoms with Crippen molar-refractivity contribution in [1.29, 1.82) is 0 Å². The van der Waals surface area contributed by atoms with Gasteiger partial charge in [-0.15, -0.1) is 0 Å². The van der Waals surface area contributed by atoms with E-state index in [0.29, 0.717) is 12.0 Å². The predicted molar refractivity (Wildman–Crippen MR) is 71.9 cm³/mol. The summed E-state index contributed by atoms with van der Waals surface area (Å²) < 4.78 is 0. The molecule has 0 aliphatic heterocycles. The summed E-state index contributed by atoms with van der Waals surface area (Å²) in [4.78, 5) is 0. The minimum absolute atomic E-state index is 0.339. The van der Waals surface area contributed by atoms with Crippen molar-refractivity contribution in [3.8, 4) is 0 Å². The first-order chi connectivity index (χ1) is 8.59. The van der Waals surface area contributed by atoms with Gasteiger partial charge in [0.25, 0.3) is 0 Å². The van der Waals surface area contributed by atoms with E-state index in [1.807, 2.05) is 0 Å². The molecule has 1 aromatic carbocycles. The first-order valence-corrected chi connectivity index (χ1v) is 6.77. The van der Waals surface area contributed by atoms with Crippen LogP contribution in [0.15, 0.2) is 30.3 Å². The van der Waals surface area contributed by atoms with E-state index >= 15 is 0 Å². The first kappa shape index (κ1) is 15.2. The summed E-state index contributed by atoms with van der Waals surface area (Å²) in [5.41, 5.74) is 0.339. The molecule has 102 valence electrons. The third-order valence-electron chi connectivity index (χ3n) is 3.24. The third kappa shape index (κ3) is 4.41. The lowest BCUT2D eigenvalue weighted by Crippen LogP contribution is -2.39. The molecule has 0 saturated heterocycles. The van der Waals surface area contributed by atoms with Crippen molar-refractivity contribution in [2.24, 2.45) is 0 Å². The molecule has 0 fully saturated rings. The number of aliphatic hydroxyl groups excluding tert-OH is 1. The van der Waals surface area contributed by atoms with Crippen molar-refractivity contribution in [2.75, 3.05) is 0 Å². The van der Waals surface area contributed by atoms with Crippen molar-refractivity contribution < 1.29 is 15.3 Å². The second kappa shape index (κ2) is 7.52. The van der Waals surface area contributed by atoms with Gasteiger partial charge >= 0.3 is 0 Å². The lowest BCUT2D eigenvalue weighted by Gasteiger charge is -2.27. The molecule has 0 heterocycles. The Morgan fingerprint density at radius 3 is 2.22 bits per heavy atom. The molecule has 0 radical (unpaired) electrons. The van der Waals surface area contributed by atoms with Gasteiger partial charge in [0, 0.05) is 5.56 Å². The Bertz CT molecular complexity index is 322. The fourth-order valence-corrected chi connectivity index (χ4v) is 2.02. The van der Waals surface area contributed by atoms with E-state index in [1.54, 1.807) is 30.3 Å².